The number of benzene rings is 2. The molecule has 2 rings (SSSR count). The highest BCUT2D eigenvalue weighted by Crippen LogP contribution is 2.18. The van der Waals surface area contributed by atoms with Gasteiger partial charge >= 0.3 is 19.2 Å². The molecule has 0 spiro atoms. The van der Waals surface area contributed by atoms with Gasteiger partial charge in [0.15, 0.2) is 0 Å². The van der Waals surface area contributed by atoms with Crippen LogP contribution in [0.3, 0.4) is 0 Å². The topological polar surface area (TPSA) is 95.2 Å². The second kappa shape index (κ2) is 13.1. The van der Waals surface area contributed by atoms with Gasteiger partial charge in [0.05, 0.1) is 12.3 Å². The third-order valence-corrected chi connectivity index (χ3v) is 3.15. The summed E-state index contributed by atoms with van der Waals surface area (Å²) in [6.45, 7) is -3.84. The maximum absolute atomic E-state index is 11.9. The fourth-order valence-corrected chi connectivity index (χ4v) is 1.81. The summed E-state index contributed by atoms with van der Waals surface area (Å²) in [7, 11) is 0. The first-order valence-electron chi connectivity index (χ1n) is 8.22. The number of anilines is 2. The number of nitrogen functional groups attached to an aromatic ring is 1. The Bertz CT molecular complexity index is 806. The van der Waals surface area contributed by atoms with Crippen molar-refractivity contribution in [1.82, 2.24) is 0 Å². The quantitative estimate of drug-likeness (QED) is 0.199. The van der Waals surface area contributed by atoms with Crippen LogP contribution in [-0.2, 0) is 9.53 Å². The second-order valence-electron chi connectivity index (χ2n) is 5.09. The number of nitrogens with zero attached hydrogens (tertiary/aromatic N) is 1. The molecule has 2 aromatic rings. The highest BCUT2D eigenvalue weighted by Gasteiger charge is 2.09. The molecule has 0 fully saturated rings. The van der Waals surface area contributed by atoms with Gasteiger partial charge in [0.2, 0.25) is 5.17 Å². The monoisotopic (exact) mass is 451 g/mol. The van der Waals surface area contributed by atoms with Gasteiger partial charge in [-0.3, -0.25) is 5.43 Å². The lowest BCUT2D eigenvalue weighted by Gasteiger charge is -2.05. The number of esters is 1. The average Bonchev–Trinajstić information content (AvgIpc) is 2.69. The summed E-state index contributed by atoms with van der Waals surface area (Å²) >= 11 is 5.55. The van der Waals surface area contributed by atoms with E-state index >= 15 is 0 Å². The third-order valence-electron chi connectivity index (χ3n) is 2.91. The van der Waals surface area contributed by atoms with Crippen molar-refractivity contribution in [3.63, 3.8) is 0 Å². The van der Waals surface area contributed by atoms with Crippen molar-refractivity contribution in [2.45, 2.75) is 20.1 Å². The smallest absolute Gasteiger partial charge is 0.387 e. The molecular weight excluding hydrogens is 434 g/mol. The molecule has 3 N–H and O–H groups in total. The number of carbonyl (C=O) groups excluding carboxylic acids is 1. The molecule has 0 heterocycles. The highest BCUT2D eigenvalue weighted by molar-refractivity contribution is 6.82. The zero-order valence-electron chi connectivity index (χ0n) is 15.5. The molecule has 2 aromatic carbocycles. The van der Waals surface area contributed by atoms with Crippen molar-refractivity contribution in [1.29, 1.82) is 0 Å². The van der Waals surface area contributed by atoms with Crippen LogP contribution in [0.15, 0.2) is 53.6 Å². The number of hydrogen-bond donors (Lipinski definition) is 2. The van der Waals surface area contributed by atoms with E-state index < -0.39 is 19.2 Å². The number of ether oxygens (including phenoxy) is 3. The van der Waals surface area contributed by atoms with E-state index in [0.717, 1.165) is 0 Å². The first-order chi connectivity index (χ1) is 14.2. The second-order valence-corrected chi connectivity index (χ2v) is 5.44. The van der Waals surface area contributed by atoms with Crippen molar-refractivity contribution in [3.05, 3.63) is 48.5 Å². The van der Waals surface area contributed by atoms with Gasteiger partial charge in [0.1, 0.15) is 11.5 Å². The Kier molecular flexibility index (Phi) is 10.8. The molecular formula is C18H18ClF4N3O4. The summed E-state index contributed by atoms with van der Waals surface area (Å²) in [5, 5.41) is 3.21. The van der Waals surface area contributed by atoms with Crippen LogP contribution in [0.2, 0.25) is 0 Å². The van der Waals surface area contributed by atoms with Crippen molar-refractivity contribution in [2.24, 2.45) is 5.10 Å². The molecule has 7 nitrogen and oxygen atoms in total. The Labute approximate surface area is 174 Å². The number of rotatable bonds is 8. The number of carbonyl (C=O) groups is 1. The first-order valence-corrected chi connectivity index (χ1v) is 8.60. The van der Waals surface area contributed by atoms with Gasteiger partial charge in [-0.15, -0.1) is 0 Å². The first kappa shape index (κ1) is 24.8. The van der Waals surface area contributed by atoms with Crippen molar-refractivity contribution >= 4 is 34.1 Å². The van der Waals surface area contributed by atoms with Crippen LogP contribution in [0, 0.1) is 0 Å². The summed E-state index contributed by atoms with van der Waals surface area (Å²) in [6, 6.07) is 11.3. The van der Waals surface area contributed by atoms with Gasteiger partial charge in [-0.05, 0) is 55.5 Å². The Morgan fingerprint density at radius 1 is 1.00 bits per heavy atom. The molecule has 0 aromatic heterocycles. The summed E-state index contributed by atoms with van der Waals surface area (Å²) in [5.74, 6) is -0.621. The largest absolute Gasteiger partial charge is 0.461 e. The third kappa shape index (κ3) is 10.4. The van der Waals surface area contributed by atoms with Gasteiger partial charge in [0, 0.05) is 5.69 Å². The Morgan fingerprint density at radius 2 is 1.47 bits per heavy atom. The number of halogens is 5. The molecule has 0 aliphatic carbocycles. The van der Waals surface area contributed by atoms with E-state index in [4.69, 9.17) is 17.3 Å². The molecule has 0 aliphatic rings. The van der Waals surface area contributed by atoms with Crippen LogP contribution < -0.4 is 20.6 Å². The summed E-state index contributed by atoms with van der Waals surface area (Å²) in [6.07, 6.45) is 0. The van der Waals surface area contributed by atoms with Crippen molar-refractivity contribution in [3.8, 4) is 11.5 Å². The lowest BCUT2D eigenvalue weighted by Crippen LogP contribution is -2.13. The molecule has 12 heteroatoms. The molecule has 164 valence electrons. The van der Waals surface area contributed by atoms with Crippen molar-refractivity contribution < 1.29 is 36.6 Å². The van der Waals surface area contributed by atoms with Crippen molar-refractivity contribution in [2.75, 3.05) is 17.8 Å². The minimum absolute atomic E-state index is 0.0148. The lowest BCUT2D eigenvalue weighted by atomic mass is 10.3. The van der Waals surface area contributed by atoms with E-state index in [0.29, 0.717) is 11.4 Å². The predicted molar refractivity (Wildman–Crippen MR) is 104 cm³/mol. The van der Waals surface area contributed by atoms with E-state index in [1.165, 1.54) is 48.5 Å². The van der Waals surface area contributed by atoms with E-state index in [-0.39, 0.29) is 23.3 Å². The minimum Gasteiger partial charge on any atom is -0.461 e. The minimum atomic E-state index is -2.88. The Balaban J connectivity index is 0.000000346. The average molecular weight is 452 g/mol. The standard InChI is InChI=1S/C11H11ClF2N2O3.C7H7F2NO/c1-2-18-10(17)9(12)16-15-7-3-5-8(6-4-7)19-11(13)14;8-7(9)11-6-3-1-5(10)2-4-6/h3-6,11,15H,2H2,1H3;1-4,7H,10H2. The van der Waals surface area contributed by atoms with E-state index in [1.807, 2.05) is 0 Å². The zero-order valence-corrected chi connectivity index (χ0v) is 16.3. The number of hydrogen-bond acceptors (Lipinski definition) is 7. The maximum Gasteiger partial charge on any atom is 0.387 e. The summed E-state index contributed by atoms with van der Waals surface area (Å²) < 4.78 is 59.8. The van der Waals surface area contributed by atoms with Crippen LogP contribution in [-0.4, -0.2) is 31.0 Å². The van der Waals surface area contributed by atoms with E-state index in [2.05, 4.69) is 24.7 Å². The normalized spacial score (nSPS) is 10.9. The van der Waals surface area contributed by atoms with Crippen LogP contribution in [0.25, 0.3) is 0 Å². The summed E-state index contributed by atoms with van der Waals surface area (Å²) in [4.78, 5) is 11.1. The van der Waals surface area contributed by atoms with Gasteiger partial charge in [-0.2, -0.15) is 22.7 Å². The van der Waals surface area contributed by atoms with Crippen LogP contribution in [0.4, 0.5) is 28.9 Å². The van der Waals surface area contributed by atoms with Gasteiger partial charge in [-0.25, -0.2) is 4.79 Å². The van der Waals surface area contributed by atoms with Gasteiger partial charge < -0.3 is 19.9 Å². The number of alkyl halides is 4. The number of hydrazone groups is 1. The molecule has 30 heavy (non-hydrogen) atoms. The van der Waals surface area contributed by atoms with Crippen LogP contribution >= 0.6 is 11.6 Å². The molecule has 0 amide bonds. The molecule has 0 atom stereocenters. The maximum atomic E-state index is 11.9. The Hall–Kier alpha value is -3.21. The molecule has 0 radical (unpaired) electrons. The molecule has 0 unspecified atom stereocenters. The van der Waals surface area contributed by atoms with Gasteiger partial charge in [-0.1, -0.05) is 11.6 Å². The van der Waals surface area contributed by atoms with E-state index in [9.17, 15) is 22.4 Å². The lowest BCUT2D eigenvalue weighted by molar-refractivity contribution is -0.134. The molecule has 0 aliphatic heterocycles. The Morgan fingerprint density at radius 3 is 1.90 bits per heavy atom. The highest BCUT2D eigenvalue weighted by atomic mass is 35.5. The number of nitrogens with two attached hydrogens (primary N) is 1. The van der Waals surface area contributed by atoms with Crippen LogP contribution in [0.5, 0.6) is 11.5 Å². The molecule has 0 bridgehead atoms. The fourth-order valence-electron chi connectivity index (χ4n) is 1.71. The fraction of sp³-hybridized carbons (Fsp3) is 0.222. The van der Waals surface area contributed by atoms with Gasteiger partial charge in [0.25, 0.3) is 0 Å². The zero-order chi connectivity index (χ0) is 22.5. The van der Waals surface area contributed by atoms with Crippen LogP contribution in [0.1, 0.15) is 6.92 Å². The SMILES string of the molecule is CCOC(=O)C(Cl)=NNc1ccc(OC(F)F)cc1.Nc1ccc(OC(F)F)cc1. The predicted octanol–water partition coefficient (Wildman–Crippen LogP) is 4.69. The molecule has 0 saturated heterocycles. The summed E-state index contributed by atoms with van der Waals surface area (Å²) in [5.41, 5.74) is 8.76. The molecule has 0 saturated carbocycles. The van der Waals surface area contributed by atoms with E-state index in [1.54, 1.807) is 6.92 Å². The number of nitrogens with one attached hydrogen (secondary N) is 1.